The van der Waals surface area contributed by atoms with Crippen LogP contribution in [0.5, 0.6) is 0 Å². The topological polar surface area (TPSA) is 110 Å². The van der Waals surface area contributed by atoms with Crippen molar-refractivity contribution in [2.24, 2.45) is 0 Å². The maximum Gasteiger partial charge on any atom is 0.335 e. The third-order valence-corrected chi connectivity index (χ3v) is 7.73. The number of aliphatic hydroxyl groups is 3. The fourth-order valence-electron chi connectivity index (χ4n) is 4.32. The summed E-state index contributed by atoms with van der Waals surface area (Å²) in [6, 6.07) is 16.2. The van der Waals surface area contributed by atoms with Crippen molar-refractivity contribution >= 4 is 29.1 Å². The summed E-state index contributed by atoms with van der Waals surface area (Å²) >= 11 is 1.72. The maximum absolute atomic E-state index is 11.6. The Morgan fingerprint density at radius 3 is 2.06 bits per heavy atom. The number of nitrogens with zero attached hydrogens (tertiary/aromatic N) is 2. The Morgan fingerprint density at radius 2 is 1.53 bits per heavy atom. The van der Waals surface area contributed by atoms with Gasteiger partial charge in [0.05, 0.1) is 32.0 Å². The van der Waals surface area contributed by atoms with Crippen molar-refractivity contribution in [1.29, 1.82) is 0 Å². The van der Waals surface area contributed by atoms with E-state index < -0.39 is 36.6 Å². The molecule has 2 aromatic rings. The molecule has 4 rings (SSSR count). The van der Waals surface area contributed by atoms with E-state index in [0.29, 0.717) is 6.54 Å². The fourth-order valence-corrected chi connectivity index (χ4v) is 5.41. The number of likely N-dealkylation sites (N-methyl/N-ethyl adjacent to an activating group) is 1. The fraction of sp³-hybridized carbons (Fsp3) is 0.435. The molecule has 0 bridgehead atoms. The van der Waals surface area contributed by atoms with Crippen LogP contribution in [0.4, 0.5) is 11.4 Å². The molecule has 2 aliphatic rings. The minimum absolute atomic E-state index is 0.0860. The molecule has 172 valence electrons. The third-order valence-electron chi connectivity index (χ3n) is 6.60. The van der Waals surface area contributed by atoms with Gasteiger partial charge in [0.2, 0.25) is 6.23 Å². The summed E-state index contributed by atoms with van der Waals surface area (Å²) < 4.78 is 5.73. The van der Waals surface area contributed by atoms with Crippen molar-refractivity contribution < 1.29 is 34.4 Å². The molecule has 1 saturated heterocycles. The van der Waals surface area contributed by atoms with Crippen LogP contribution in [-0.4, -0.2) is 88.2 Å². The van der Waals surface area contributed by atoms with Gasteiger partial charge in [-0.15, -0.1) is 0 Å². The minimum Gasteiger partial charge on any atom is -0.479 e. The summed E-state index contributed by atoms with van der Waals surface area (Å²) in [6.07, 6.45) is -7.40. The van der Waals surface area contributed by atoms with Crippen molar-refractivity contribution in [3.63, 3.8) is 0 Å². The highest BCUT2D eigenvalue weighted by molar-refractivity contribution is 7.99. The number of para-hydroxylation sites is 2. The number of ether oxygens (including phenoxy) is 1. The molecule has 0 saturated carbocycles. The molecule has 2 aromatic carbocycles. The van der Waals surface area contributed by atoms with E-state index in [0.717, 1.165) is 21.2 Å². The van der Waals surface area contributed by atoms with Gasteiger partial charge >= 0.3 is 5.97 Å². The van der Waals surface area contributed by atoms with Gasteiger partial charge in [-0.05, 0) is 31.2 Å². The zero-order chi connectivity index (χ0) is 23.2. The first-order valence-electron chi connectivity index (χ1n) is 10.5. The lowest BCUT2D eigenvalue weighted by molar-refractivity contribution is -0.963. The van der Waals surface area contributed by atoms with Gasteiger partial charge in [0, 0.05) is 9.79 Å². The number of aliphatic carboxylic acids is 1. The van der Waals surface area contributed by atoms with Gasteiger partial charge in [0.1, 0.15) is 18.2 Å². The van der Waals surface area contributed by atoms with Crippen LogP contribution in [-0.2, 0) is 9.53 Å². The van der Waals surface area contributed by atoms with Gasteiger partial charge < -0.3 is 30.1 Å². The number of hydrogen-bond acceptors (Lipinski definition) is 7. The molecule has 6 atom stereocenters. The Hall–Kier alpha value is -2.14. The lowest BCUT2D eigenvalue weighted by Gasteiger charge is -2.50. The largest absolute Gasteiger partial charge is 0.479 e. The Kier molecular flexibility index (Phi) is 6.23. The van der Waals surface area contributed by atoms with E-state index in [2.05, 4.69) is 29.2 Å². The normalized spacial score (nSPS) is 28.6. The molecule has 2 aliphatic heterocycles. The number of fused-ring (bicyclic) bond motifs is 2. The molecule has 0 aromatic heterocycles. The smallest absolute Gasteiger partial charge is 0.335 e. The average molecular weight is 462 g/mol. The minimum atomic E-state index is -1.70. The monoisotopic (exact) mass is 461 g/mol. The number of rotatable bonds is 5. The number of hydrogen-bond donors (Lipinski definition) is 4. The number of quaternary nitrogens is 1. The van der Waals surface area contributed by atoms with Gasteiger partial charge in [-0.3, -0.25) is 4.48 Å². The molecule has 0 radical (unpaired) electrons. The molecule has 9 heteroatoms. The van der Waals surface area contributed by atoms with Crippen molar-refractivity contribution in [1.82, 2.24) is 0 Å². The lowest BCUT2D eigenvalue weighted by Crippen LogP contribution is -2.70. The summed E-state index contributed by atoms with van der Waals surface area (Å²) in [6.45, 7) is 2.56. The van der Waals surface area contributed by atoms with Crippen LogP contribution in [0.2, 0.25) is 0 Å². The van der Waals surface area contributed by atoms with Crippen LogP contribution in [0.1, 0.15) is 6.92 Å². The van der Waals surface area contributed by atoms with Gasteiger partial charge in [0.15, 0.2) is 12.2 Å². The van der Waals surface area contributed by atoms with Crippen LogP contribution in [0, 0.1) is 0 Å². The predicted octanol–water partition coefficient (Wildman–Crippen LogP) is 1.65. The Labute approximate surface area is 191 Å². The Bertz CT molecular complexity index is 956. The quantitative estimate of drug-likeness (QED) is 0.498. The molecule has 8 nitrogen and oxygen atoms in total. The second kappa shape index (κ2) is 8.66. The number of carbonyl (C=O) groups is 1. The highest BCUT2D eigenvalue weighted by Gasteiger charge is 2.54. The molecule has 0 amide bonds. The predicted molar refractivity (Wildman–Crippen MR) is 120 cm³/mol. The highest BCUT2D eigenvalue weighted by atomic mass is 32.2. The first-order valence-corrected chi connectivity index (χ1v) is 11.3. The second-order valence-corrected chi connectivity index (χ2v) is 9.97. The molecule has 4 N–H and O–H groups in total. The molecular weight excluding hydrogens is 432 g/mol. The first-order chi connectivity index (χ1) is 15.1. The summed E-state index contributed by atoms with van der Waals surface area (Å²) in [7, 11) is 3.66. The highest BCUT2D eigenvalue weighted by Crippen LogP contribution is 2.48. The van der Waals surface area contributed by atoms with Gasteiger partial charge in [0.25, 0.3) is 0 Å². The average Bonchev–Trinajstić information content (AvgIpc) is 2.76. The SMILES string of the molecule is C[C@@H](CN1c2ccccc2Sc2ccccc21)[N+](C)(C)[C@@H]1O[C@H](C(=O)O)[C@@H](O)[C@H](O)[C@H]1O. The number of carboxylic acid groups (broad SMARTS) is 1. The van der Waals surface area contributed by atoms with E-state index in [1.165, 1.54) is 0 Å². The number of anilines is 2. The third kappa shape index (κ3) is 3.89. The standard InChI is InChI=1S/C23H28N2O6S/c1-13(25(2,3)22-20(28)18(26)19(27)21(31-22)23(29)30)12-24-14-8-4-6-10-16(14)32-17-11-7-5-9-15(17)24/h4-11,13,18-22,26-28H,12H2,1-3H3/p+1/t13-,18-,19-,20+,21-,22+/m0/s1. The Balaban J connectivity index is 1.64. The van der Waals surface area contributed by atoms with Gasteiger partial charge in [-0.2, -0.15) is 0 Å². The van der Waals surface area contributed by atoms with E-state index in [1.807, 2.05) is 45.3 Å². The Morgan fingerprint density at radius 1 is 1.00 bits per heavy atom. The molecular formula is C23H29N2O6S+. The van der Waals surface area contributed by atoms with Crippen molar-refractivity contribution in [3.05, 3.63) is 48.5 Å². The summed E-state index contributed by atoms with van der Waals surface area (Å²) in [5.74, 6) is -1.38. The maximum atomic E-state index is 11.6. The van der Waals surface area contributed by atoms with Crippen molar-refractivity contribution in [2.75, 3.05) is 25.5 Å². The van der Waals surface area contributed by atoms with E-state index in [4.69, 9.17) is 4.74 Å². The van der Waals surface area contributed by atoms with Crippen LogP contribution < -0.4 is 4.90 Å². The van der Waals surface area contributed by atoms with E-state index >= 15 is 0 Å². The summed E-state index contributed by atoms with van der Waals surface area (Å²) in [5, 5.41) is 40.4. The van der Waals surface area contributed by atoms with E-state index in [9.17, 15) is 25.2 Å². The van der Waals surface area contributed by atoms with Crippen LogP contribution >= 0.6 is 11.8 Å². The number of aliphatic hydroxyl groups excluding tert-OH is 3. The van der Waals surface area contributed by atoms with Crippen LogP contribution in [0.15, 0.2) is 58.3 Å². The van der Waals surface area contributed by atoms with Gasteiger partial charge in [-0.1, -0.05) is 36.0 Å². The molecule has 32 heavy (non-hydrogen) atoms. The van der Waals surface area contributed by atoms with Crippen molar-refractivity contribution in [2.45, 2.75) is 53.4 Å². The first kappa shape index (κ1) is 23.0. The van der Waals surface area contributed by atoms with Crippen LogP contribution in [0.25, 0.3) is 0 Å². The zero-order valence-electron chi connectivity index (χ0n) is 18.2. The summed E-state index contributed by atoms with van der Waals surface area (Å²) in [4.78, 5) is 16.1. The zero-order valence-corrected chi connectivity index (χ0v) is 19.0. The summed E-state index contributed by atoms with van der Waals surface area (Å²) in [5.41, 5.74) is 2.15. The number of carboxylic acids is 1. The second-order valence-electron chi connectivity index (χ2n) is 8.88. The molecule has 0 unspecified atom stereocenters. The molecule has 1 fully saturated rings. The lowest BCUT2D eigenvalue weighted by atomic mass is 9.96. The van der Waals surface area contributed by atoms with E-state index in [-0.39, 0.29) is 10.5 Å². The van der Waals surface area contributed by atoms with E-state index in [1.54, 1.807) is 11.8 Å². The molecule has 0 spiro atoms. The number of benzene rings is 2. The van der Waals surface area contributed by atoms with Crippen molar-refractivity contribution in [3.8, 4) is 0 Å². The molecule has 0 aliphatic carbocycles. The van der Waals surface area contributed by atoms with Gasteiger partial charge in [-0.25, -0.2) is 4.79 Å². The molecule has 2 heterocycles. The van der Waals surface area contributed by atoms with Crippen LogP contribution in [0.3, 0.4) is 0 Å².